The first-order valence-corrected chi connectivity index (χ1v) is 11.7. The van der Waals surface area contributed by atoms with Gasteiger partial charge in [-0.05, 0) is 44.7 Å². The maximum atomic E-state index is 13.9. The molecular formula is C26H27FN6O. The van der Waals surface area contributed by atoms with Crippen LogP contribution in [-0.2, 0) is 0 Å². The first kappa shape index (κ1) is 21.0. The Balaban J connectivity index is 1.36. The maximum Gasteiger partial charge on any atom is 0.163 e. The van der Waals surface area contributed by atoms with E-state index in [0.29, 0.717) is 28.4 Å². The summed E-state index contributed by atoms with van der Waals surface area (Å²) in [6.45, 7) is 3.94. The fraction of sp³-hybridized carbons (Fsp3) is 0.346. The highest BCUT2D eigenvalue weighted by molar-refractivity contribution is 5.67. The van der Waals surface area contributed by atoms with E-state index in [1.54, 1.807) is 23.8 Å². The summed E-state index contributed by atoms with van der Waals surface area (Å²) < 4.78 is 15.6. The molecule has 3 aromatic heterocycles. The van der Waals surface area contributed by atoms with Gasteiger partial charge < -0.3 is 15.7 Å². The lowest BCUT2D eigenvalue weighted by Gasteiger charge is -2.31. The van der Waals surface area contributed by atoms with Crippen molar-refractivity contribution in [3.8, 4) is 11.3 Å². The Hall–Kier alpha value is -3.52. The van der Waals surface area contributed by atoms with Crippen LogP contribution in [0.3, 0.4) is 0 Å². The lowest BCUT2D eigenvalue weighted by atomic mass is 9.77. The van der Waals surface area contributed by atoms with Crippen molar-refractivity contribution >= 4 is 11.5 Å². The van der Waals surface area contributed by atoms with E-state index >= 15 is 0 Å². The number of hydrogen-bond acceptors (Lipinski definition) is 6. The van der Waals surface area contributed by atoms with Gasteiger partial charge in [-0.25, -0.2) is 9.37 Å². The van der Waals surface area contributed by atoms with Crippen molar-refractivity contribution in [2.24, 2.45) is 5.92 Å². The molecule has 0 amide bonds. The molecule has 8 heteroatoms. The standard InChI is InChI=1S/C26H27FN6O/c1-15(34)20-14-29-33-24(11-23(31-25(20)33)16-9-17(27)13-28-12-16)30-18-6-7-22-19(10-18)21-5-3-4-8-26(21,2)32-22/h3-5,8-9,11-15,18,21,30,32,34H,6-7,10H2,1-2H3/t15-,18+,21?,26?/m0/s1. The summed E-state index contributed by atoms with van der Waals surface area (Å²) in [4.78, 5) is 8.68. The maximum absolute atomic E-state index is 13.9. The van der Waals surface area contributed by atoms with E-state index in [2.05, 4.69) is 51.9 Å². The lowest BCUT2D eigenvalue weighted by Crippen LogP contribution is -2.41. The molecule has 2 unspecified atom stereocenters. The van der Waals surface area contributed by atoms with Gasteiger partial charge in [0.15, 0.2) is 5.65 Å². The number of allylic oxidation sites excluding steroid dienone is 3. The predicted octanol–water partition coefficient (Wildman–Crippen LogP) is 4.31. The number of aliphatic hydroxyl groups excluding tert-OH is 1. The molecule has 174 valence electrons. The van der Waals surface area contributed by atoms with Crippen molar-refractivity contribution in [1.29, 1.82) is 0 Å². The third-order valence-corrected chi connectivity index (χ3v) is 7.20. The summed E-state index contributed by atoms with van der Waals surface area (Å²) in [6.07, 6.45) is 15.4. The smallest absolute Gasteiger partial charge is 0.163 e. The largest absolute Gasteiger partial charge is 0.389 e. The first-order chi connectivity index (χ1) is 16.4. The second-order valence-electron chi connectivity index (χ2n) is 9.65. The van der Waals surface area contributed by atoms with Crippen molar-refractivity contribution in [1.82, 2.24) is 24.9 Å². The van der Waals surface area contributed by atoms with E-state index in [9.17, 15) is 9.50 Å². The number of rotatable bonds is 4. The molecule has 7 nitrogen and oxygen atoms in total. The molecule has 3 aromatic rings. The molecule has 0 saturated heterocycles. The zero-order valence-corrected chi connectivity index (χ0v) is 19.2. The second kappa shape index (κ2) is 7.77. The van der Waals surface area contributed by atoms with E-state index in [0.717, 1.165) is 25.1 Å². The van der Waals surface area contributed by atoms with Gasteiger partial charge >= 0.3 is 0 Å². The molecule has 0 saturated carbocycles. The molecule has 0 fully saturated rings. The van der Waals surface area contributed by atoms with Gasteiger partial charge in [0, 0.05) is 41.0 Å². The van der Waals surface area contributed by atoms with Gasteiger partial charge in [-0.15, -0.1) is 0 Å². The number of nitrogens with one attached hydrogen (secondary N) is 2. The number of halogens is 1. The molecular weight excluding hydrogens is 431 g/mol. The zero-order chi connectivity index (χ0) is 23.4. The third-order valence-electron chi connectivity index (χ3n) is 7.20. The number of aliphatic hydroxyl groups is 1. The summed E-state index contributed by atoms with van der Waals surface area (Å²) in [5, 5.41) is 22.2. The first-order valence-electron chi connectivity index (χ1n) is 11.7. The zero-order valence-electron chi connectivity index (χ0n) is 19.2. The number of fused-ring (bicyclic) bond motifs is 3. The molecule has 34 heavy (non-hydrogen) atoms. The van der Waals surface area contributed by atoms with Crippen LogP contribution in [0, 0.1) is 11.7 Å². The molecule has 2 aliphatic carbocycles. The van der Waals surface area contributed by atoms with E-state index in [-0.39, 0.29) is 11.6 Å². The molecule has 1 aliphatic heterocycles. The minimum atomic E-state index is -0.727. The van der Waals surface area contributed by atoms with Gasteiger partial charge in [-0.2, -0.15) is 9.61 Å². The normalized spacial score (nSPS) is 26.4. The number of anilines is 1. The highest BCUT2D eigenvalue weighted by Gasteiger charge is 2.43. The molecule has 0 radical (unpaired) electrons. The van der Waals surface area contributed by atoms with Gasteiger partial charge in [-0.3, -0.25) is 4.98 Å². The Morgan fingerprint density at radius 3 is 2.97 bits per heavy atom. The van der Waals surface area contributed by atoms with Crippen LogP contribution in [0.5, 0.6) is 0 Å². The summed E-state index contributed by atoms with van der Waals surface area (Å²) in [5.74, 6) is 0.698. The number of nitrogens with zero attached hydrogens (tertiary/aromatic N) is 4. The van der Waals surface area contributed by atoms with Crippen LogP contribution in [0.15, 0.2) is 66.3 Å². The van der Waals surface area contributed by atoms with Crippen LogP contribution >= 0.6 is 0 Å². The lowest BCUT2D eigenvalue weighted by molar-refractivity contribution is 0.200. The summed E-state index contributed by atoms with van der Waals surface area (Å²) in [7, 11) is 0. The number of hydrogen-bond donors (Lipinski definition) is 3. The van der Waals surface area contributed by atoms with Gasteiger partial charge in [0.2, 0.25) is 0 Å². The van der Waals surface area contributed by atoms with Crippen LogP contribution in [0.2, 0.25) is 0 Å². The predicted molar refractivity (Wildman–Crippen MR) is 128 cm³/mol. The van der Waals surface area contributed by atoms with Crippen LogP contribution in [-0.4, -0.2) is 36.3 Å². The van der Waals surface area contributed by atoms with Crippen molar-refractivity contribution in [2.75, 3.05) is 5.32 Å². The highest BCUT2D eigenvalue weighted by atomic mass is 19.1. The Kier molecular flexibility index (Phi) is 4.81. The fourth-order valence-electron chi connectivity index (χ4n) is 5.49. The van der Waals surface area contributed by atoms with Gasteiger partial charge in [-0.1, -0.05) is 24.3 Å². The van der Waals surface area contributed by atoms with Crippen molar-refractivity contribution in [2.45, 2.75) is 50.8 Å². The third kappa shape index (κ3) is 3.40. The summed E-state index contributed by atoms with van der Waals surface area (Å²) >= 11 is 0. The van der Waals surface area contributed by atoms with E-state index in [1.807, 2.05) is 6.07 Å². The minimum Gasteiger partial charge on any atom is -0.389 e. The topological polar surface area (TPSA) is 87.4 Å². The van der Waals surface area contributed by atoms with Gasteiger partial charge in [0.05, 0.1) is 29.7 Å². The Bertz CT molecular complexity index is 1370. The second-order valence-corrected chi connectivity index (χ2v) is 9.65. The molecule has 4 heterocycles. The van der Waals surface area contributed by atoms with Crippen molar-refractivity contribution in [3.05, 3.63) is 77.7 Å². The van der Waals surface area contributed by atoms with Crippen LogP contribution in [0.25, 0.3) is 16.9 Å². The Morgan fingerprint density at radius 1 is 1.26 bits per heavy atom. The van der Waals surface area contributed by atoms with Crippen LogP contribution in [0.4, 0.5) is 10.2 Å². The number of pyridine rings is 1. The Labute approximate surface area is 197 Å². The summed E-state index contributed by atoms with van der Waals surface area (Å²) in [6, 6.07) is 3.51. The fourth-order valence-corrected chi connectivity index (χ4v) is 5.49. The molecule has 3 aliphatic rings. The van der Waals surface area contributed by atoms with Gasteiger partial charge in [0.25, 0.3) is 0 Å². The molecule has 0 bridgehead atoms. The molecule has 4 atom stereocenters. The molecule has 0 spiro atoms. The highest BCUT2D eigenvalue weighted by Crippen LogP contribution is 2.44. The van der Waals surface area contributed by atoms with Crippen molar-refractivity contribution in [3.63, 3.8) is 0 Å². The average Bonchev–Trinajstić information content (AvgIpc) is 3.37. The van der Waals surface area contributed by atoms with Crippen molar-refractivity contribution < 1.29 is 9.50 Å². The molecule has 6 rings (SSSR count). The summed E-state index contributed by atoms with van der Waals surface area (Å²) in [5.41, 5.74) is 5.09. The minimum absolute atomic E-state index is 0.0516. The van der Waals surface area contributed by atoms with E-state index in [4.69, 9.17) is 4.98 Å². The molecule has 3 N–H and O–H groups in total. The number of aromatic nitrogens is 4. The van der Waals surface area contributed by atoms with E-state index < -0.39 is 11.9 Å². The van der Waals surface area contributed by atoms with Crippen LogP contribution in [0.1, 0.15) is 44.8 Å². The van der Waals surface area contributed by atoms with E-state index in [1.165, 1.54) is 23.5 Å². The Morgan fingerprint density at radius 2 is 2.15 bits per heavy atom. The van der Waals surface area contributed by atoms with Gasteiger partial charge in [0.1, 0.15) is 11.6 Å². The monoisotopic (exact) mass is 458 g/mol. The van der Waals surface area contributed by atoms with Crippen LogP contribution < -0.4 is 10.6 Å². The quantitative estimate of drug-likeness (QED) is 0.540. The molecule has 0 aromatic carbocycles. The SMILES string of the molecule is C[C@H](O)c1cnn2c(N[C@@H]3CCC4=C(C3)C3C=CC=CC3(C)N4)cc(-c3cncc(F)c3)nc12. The average molecular weight is 459 g/mol.